The number of carbonyl (C=O) groups excluding carboxylic acids is 1. The van der Waals surface area contributed by atoms with E-state index >= 15 is 0 Å². The highest BCUT2D eigenvalue weighted by molar-refractivity contribution is 5.91. The maximum absolute atomic E-state index is 12.7. The lowest BCUT2D eigenvalue weighted by Gasteiger charge is -2.27. The van der Waals surface area contributed by atoms with Crippen molar-refractivity contribution in [2.45, 2.75) is 25.1 Å². The molecular formula is C16H14F3N3O2. The van der Waals surface area contributed by atoms with Crippen LogP contribution in [0.25, 0.3) is 5.52 Å². The summed E-state index contributed by atoms with van der Waals surface area (Å²) >= 11 is 0. The van der Waals surface area contributed by atoms with Gasteiger partial charge in [0, 0.05) is 18.0 Å². The van der Waals surface area contributed by atoms with Gasteiger partial charge in [-0.25, -0.2) is 9.31 Å². The van der Waals surface area contributed by atoms with Crippen LogP contribution in [-0.2, 0) is 10.3 Å². The van der Waals surface area contributed by atoms with E-state index in [1.54, 1.807) is 36.0 Å². The topological polar surface area (TPSA) is 56.0 Å². The van der Waals surface area contributed by atoms with Crippen LogP contribution in [0.2, 0.25) is 0 Å². The summed E-state index contributed by atoms with van der Waals surface area (Å²) in [6.45, 7) is 1.73. The Morgan fingerprint density at radius 1 is 1.42 bits per heavy atom. The number of fused-ring (bicyclic) bond motifs is 1. The maximum Gasteiger partial charge on any atom is 0.417 e. The van der Waals surface area contributed by atoms with Gasteiger partial charge in [0.05, 0.1) is 35.5 Å². The van der Waals surface area contributed by atoms with Gasteiger partial charge in [-0.05, 0) is 25.5 Å². The third-order valence-electron chi connectivity index (χ3n) is 4.06. The van der Waals surface area contributed by atoms with Crippen molar-refractivity contribution in [2.75, 3.05) is 7.11 Å². The molecule has 1 atom stereocenters. The van der Waals surface area contributed by atoms with E-state index in [0.29, 0.717) is 16.6 Å². The number of aromatic nitrogens is 2. The number of carbonyl (C=O) groups is 1. The molecule has 0 fully saturated rings. The van der Waals surface area contributed by atoms with Crippen LogP contribution >= 0.6 is 0 Å². The van der Waals surface area contributed by atoms with Crippen LogP contribution in [0, 0.1) is 0 Å². The van der Waals surface area contributed by atoms with Crippen LogP contribution in [0.5, 0.6) is 0 Å². The molecule has 1 aliphatic heterocycles. The second-order valence-electron chi connectivity index (χ2n) is 5.69. The summed E-state index contributed by atoms with van der Waals surface area (Å²) in [6, 6.07) is 3.15. The molecule has 0 amide bonds. The molecule has 0 aliphatic carbocycles. The molecular weight excluding hydrogens is 323 g/mol. The summed E-state index contributed by atoms with van der Waals surface area (Å²) in [5.41, 5.74) is -0.0673. The standard InChI is InChI=1S/C16H14F3N3O2/c1-15(5-3-11(8-20-15)16(17,18)19)12-9-21-22-6-4-10(7-13(12)22)14(23)24-2/h3-4,6-9H,5H2,1-2H3. The van der Waals surface area contributed by atoms with Crippen molar-refractivity contribution in [3.8, 4) is 0 Å². The van der Waals surface area contributed by atoms with Gasteiger partial charge in [-0.15, -0.1) is 0 Å². The van der Waals surface area contributed by atoms with Gasteiger partial charge in [0.15, 0.2) is 0 Å². The highest BCUT2D eigenvalue weighted by atomic mass is 19.4. The van der Waals surface area contributed by atoms with E-state index in [2.05, 4.69) is 10.1 Å². The fourth-order valence-corrected chi connectivity index (χ4v) is 2.63. The van der Waals surface area contributed by atoms with Crippen molar-refractivity contribution in [2.24, 2.45) is 4.99 Å². The Morgan fingerprint density at radius 3 is 2.75 bits per heavy atom. The molecule has 0 spiro atoms. The lowest BCUT2D eigenvalue weighted by atomic mass is 9.87. The number of halogens is 3. The second-order valence-corrected chi connectivity index (χ2v) is 5.69. The largest absolute Gasteiger partial charge is 0.465 e. The highest BCUT2D eigenvalue weighted by Crippen LogP contribution is 2.38. The van der Waals surface area contributed by atoms with Crippen molar-refractivity contribution >= 4 is 17.7 Å². The Kier molecular flexibility index (Phi) is 3.70. The molecule has 0 aromatic carbocycles. The smallest absolute Gasteiger partial charge is 0.417 e. The predicted molar refractivity (Wildman–Crippen MR) is 81.1 cm³/mol. The number of dihydropyridines is 1. The van der Waals surface area contributed by atoms with E-state index in [9.17, 15) is 18.0 Å². The van der Waals surface area contributed by atoms with E-state index in [1.807, 2.05) is 0 Å². The average Bonchev–Trinajstić information content (AvgIpc) is 2.97. The summed E-state index contributed by atoms with van der Waals surface area (Å²) in [5.74, 6) is -0.499. The van der Waals surface area contributed by atoms with Crippen LogP contribution < -0.4 is 0 Å². The van der Waals surface area contributed by atoms with Crippen LogP contribution in [-0.4, -0.2) is 35.1 Å². The Hall–Kier alpha value is -2.64. The van der Waals surface area contributed by atoms with E-state index in [0.717, 1.165) is 12.3 Å². The molecule has 3 heterocycles. The number of rotatable bonds is 2. The molecule has 0 bridgehead atoms. The van der Waals surface area contributed by atoms with Crippen molar-refractivity contribution in [3.05, 3.63) is 47.3 Å². The molecule has 2 aromatic heterocycles. The zero-order chi connectivity index (χ0) is 17.5. The lowest BCUT2D eigenvalue weighted by Crippen LogP contribution is -2.25. The minimum absolute atomic E-state index is 0.0855. The van der Waals surface area contributed by atoms with Crippen LogP contribution in [0.4, 0.5) is 13.2 Å². The van der Waals surface area contributed by atoms with Crippen molar-refractivity contribution < 1.29 is 22.7 Å². The molecule has 0 N–H and O–H groups in total. The first-order chi connectivity index (χ1) is 11.2. The normalized spacial score (nSPS) is 21.0. The number of pyridine rings is 1. The molecule has 1 unspecified atom stereocenters. The van der Waals surface area contributed by atoms with Gasteiger partial charge < -0.3 is 4.74 Å². The maximum atomic E-state index is 12.7. The SMILES string of the molecule is COC(=O)c1ccn2ncc(C3(C)CC=C(C(F)(F)F)C=N3)c2c1. The lowest BCUT2D eigenvalue weighted by molar-refractivity contribution is -0.0862. The van der Waals surface area contributed by atoms with Crippen LogP contribution in [0.3, 0.4) is 0 Å². The minimum atomic E-state index is -4.41. The molecule has 126 valence electrons. The Balaban J connectivity index is 2.02. The van der Waals surface area contributed by atoms with Gasteiger partial charge in [0.2, 0.25) is 0 Å². The zero-order valence-corrected chi connectivity index (χ0v) is 13.0. The van der Waals surface area contributed by atoms with E-state index in [-0.39, 0.29) is 6.42 Å². The molecule has 0 radical (unpaired) electrons. The fraction of sp³-hybridized carbons (Fsp3) is 0.312. The third-order valence-corrected chi connectivity index (χ3v) is 4.06. The summed E-state index contributed by atoms with van der Waals surface area (Å²) in [7, 11) is 1.28. The molecule has 24 heavy (non-hydrogen) atoms. The number of nitrogens with zero attached hydrogens (tertiary/aromatic N) is 3. The summed E-state index contributed by atoms with van der Waals surface area (Å²) in [4.78, 5) is 15.8. The van der Waals surface area contributed by atoms with Crippen molar-refractivity contribution in [1.29, 1.82) is 0 Å². The number of ether oxygens (including phenoxy) is 1. The van der Waals surface area contributed by atoms with Gasteiger partial charge in [0.25, 0.3) is 0 Å². The monoisotopic (exact) mass is 337 g/mol. The minimum Gasteiger partial charge on any atom is -0.465 e. The van der Waals surface area contributed by atoms with Gasteiger partial charge in [0.1, 0.15) is 0 Å². The first kappa shape index (κ1) is 16.2. The Bertz CT molecular complexity index is 867. The molecule has 3 rings (SSSR count). The summed E-state index contributed by atoms with van der Waals surface area (Å²) in [6.07, 6.45) is 0.794. The zero-order valence-electron chi connectivity index (χ0n) is 13.0. The highest BCUT2D eigenvalue weighted by Gasteiger charge is 2.37. The number of esters is 1. The van der Waals surface area contributed by atoms with Crippen molar-refractivity contribution in [3.63, 3.8) is 0 Å². The molecule has 2 aromatic rings. The van der Waals surface area contributed by atoms with E-state index in [4.69, 9.17) is 4.74 Å². The first-order valence-corrected chi connectivity index (χ1v) is 7.13. The van der Waals surface area contributed by atoms with Crippen molar-refractivity contribution in [1.82, 2.24) is 9.61 Å². The molecule has 0 saturated heterocycles. The second kappa shape index (κ2) is 5.47. The molecule has 1 aliphatic rings. The number of aliphatic imine (C=N–C) groups is 1. The Morgan fingerprint density at radius 2 is 2.17 bits per heavy atom. The fourth-order valence-electron chi connectivity index (χ4n) is 2.63. The number of hydrogen-bond acceptors (Lipinski definition) is 4. The molecule has 8 heteroatoms. The van der Waals surface area contributed by atoms with Gasteiger partial charge in [-0.1, -0.05) is 6.08 Å². The molecule has 0 saturated carbocycles. The summed E-state index contributed by atoms with van der Waals surface area (Å²) in [5, 5.41) is 4.18. The van der Waals surface area contributed by atoms with Crippen LogP contribution in [0.15, 0.2) is 41.2 Å². The van der Waals surface area contributed by atoms with E-state index < -0.39 is 23.3 Å². The predicted octanol–water partition coefficient (Wildman–Crippen LogP) is 3.30. The quantitative estimate of drug-likeness (QED) is 0.790. The number of alkyl halides is 3. The van der Waals surface area contributed by atoms with Gasteiger partial charge >= 0.3 is 12.1 Å². The average molecular weight is 337 g/mol. The Labute approximate surface area is 135 Å². The van der Waals surface area contributed by atoms with Gasteiger partial charge in [-0.2, -0.15) is 18.3 Å². The summed E-state index contributed by atoms with van der Waals surface area (Å²) < 4.78 is 44.5. The van der Waals surface area contributed by atoms with Crippen LogP contribution in [0.1, 0.15) is 29.3 Å². The van der Waals surface area contributed by atoms with Gasteiger partial charge in [-0.3, -0.25) is 4.99 Å². The number of hydrogen-bond donors (Lipinski definition) is 0. The number of methoxy groups -OCH3 is 1. The third kappa shape index (κ3) is 2.68. The first-order valence-electron chi connectivity index (χ1n) is 7.13. The van der Waals surface area contributed by atoms with E-state index in [1.165, 1.54) is 7.11 Å². The molecule has 5 nitrogen and oxygen atoms in total. The number of allylic oxidation sites excluding steroid dienone is 1.